The van der Waals surface area contributed by atoms with Crippen molar-refractivity contribution < 1.29 is 0 Å². The van der Waals surface area contributed by atoms with Crippen molar-refractivity contribution in [3.63, 3.8) is 0 Å². The Hall–Kier alpha value is -2.61. The number of hydrogen-bond acceptors (Lipinski definition) is 5. The predicted molar refractivity (Wildman–Crippen MR) is 88.2 cm³/mol. The molecule has 0 fully saturated rings. The number of H-pyrrole nitrogens is 2. The normalized spacial score (nSPS) is 10.8. The molecule has 0 aliphatic carbocycles. The minimum absolute atomic E-state index is 0.311. The average molecular weight is 329 g/mol. The van der Waals surface area contributed by atoms with Gasteiger partial charge in [-0.25, -0.2) is 4.79 Å². The van der Waals surface area contributed by atoms with E-state index in [-0.39, 0.29) is 0 Å². The molecular weight excluding hydrogens is 314 g/mol. The van der Waals surface area contributed by atoms with Crippen LogP contribution in [0.3, 0.4) is 0 Å². The van der Waals surface area contributed by atoms with Gasteiger partial charge in [-0.3, -0.25) is 14.3 Å². The number of thioether (sulfide) groups is 1. The Morgan fingerprint density at radius 2 is 1.91 bits per heavy atom. The molecule has 0 spiro atoms. The van der Waals surface area contributed by atoms with Crippen LogP contribution >= 0.6 is 11.8 Å². The van der Waals surface area contributed by atoms with Crippen LogP contribution in [0.4, 0.5) is 0 Å². The second-order valence-corrected chi connectivity index (χ2v) is 6.02. The summed E-state index contributed by atoms with van der Waals surface area (Å²) in [4.78, 5) is 27.6. The summed E-state index contributed by atoms with van der Waals surface area (Å²) in [7, 11) is 0. The van der Waals surface area contributed by atoms with Gasteiger partial charge < -0.3 is 4.98 Å². The molecule has 23 heavy (non-hydrogen) atoms. The van der Waals surface area contributed by atoms with Gasteiger partial charge in [-0.2, -0.15) is 0 Å². The van der Waals surface area contributed by atoms with Crippen molar-refractivity contribution >= 4 is 11.8 Å². The average Bonchev–Trinajstić information content (AvgIpc) is 2.90. The summed E-state index contributed by atoms with van der Waals surface area (Å²) >= 11 is 1.58. The van der Waals surface area contributed by atoms with Crippen molar-refractivity contribution in [2.24, 2.45) is 0 Å². The topological polar surface area (TPSA) is 96.4 Å². The number of para-hydroxylation sites is 1. The maximum Gasteiger partial charge on any atom is 0.325 e. The van der Waals surface area contributed by atoms with Gasteiger partial charge in [0.25, 0.3) is 5.56 Å². The second kappa shape index (κ2) is 6.66. The molecule has 8 heteroatoms. The third kappa shape index (κ3) is 3.42. The van der Waals surface area contributed by atoms with Crippen LogP contribution < -0.4 is 11.2 Å². The lowest BCUT2D eigenvalue weighted by Gasteiger charge is -2.09. The molecule has 2 heterocycles. The van der Waals surface area contributed by atoms with Crippen LogP contribution in [0.1, 0.15) is 18.4 Å². The van der Waals surface area contributed by atoms with Gasteiger partial charge in [0.15, 0.2) is 5.16 Å². The Morgan fingerprint density at radius 1 is 1.13 bits per heavy atom. The molecule has 3 aromatic rings. The van der Waals surface area contributed by atoms with Crippen molar-refractivity contribution in [3.8, 4) is 5.69 Å². The van der Waals surface area contributed by atoms with Crippen LogP contribution in [0.25, 0.3) is 5.69 Å². The van der Waals surface area contributed by atoms with E-state index >= 15 is 0 Å². The van der Waals surface area contributed by atoms with Crippen molar-refractivity contribution in [2.45, 2.75) is 18.5 Å². The summed E-state index contributed by atoms with van der Waals surface area (Å²) in [6.45, 7) is 2.04. The standard InChI is InChI=1S/C15H15N5O2S/c1-2-23-15-19-18-12(20(15)11-6-4-3-5-7-11)8-10-9-13(21)17-14(22)16-10/h3-7,9H,2,8H2,1H3,(H2,16,17,21,22). The molecule has 0 atom stereocenters. The molecule has 7 nitrogen and oxygen atoms in total. The number of benzene rings is 1. The largest absolute Gasteiger partial charge is 0.325 e. The fraction of sp³-hybridized carbons (Fsp3) is 0.200. The van der Waals surface area contributed by atoms with Crippen molar-refractivity contribution in [1.29, 1.82) is 0 Å². The molecule has 0 bridgehead atoms. The van der Waals surface area contributed by atoms with Gasteiger partial charge in [0, 0.05) is 23.9 Å². The summed E-state index contributed by atoms with van der Waals surface area (Å²) in [5, 5.41) is 9.22. The minimum Gasteiger partial charge on any atom is -0.311 e. The van der Waals surface area contributed by atoms with Crippen molar-refractivity contribution in [2.75, 3.05) is 5.75 Å². The van der Waals surface area contributed by atoms with E-state index in [9.17, 15) is 9.59 Å². The van der Waals surface area contributed by atoms with Crippen LogP contribution in [-0.2, 0) is 6.42 Å². The highest BCUT2D eigenvalue weighted by Crippen LogP contribution is 2.22. The Labute approximate surface area is 135 Å². The van der Waals surface area contributed by atoms with E-state index in [2.05, 4.69) is 20.2 Å². The van der Waals surface area contributed by atoms with Gasteiger partial charge in [0.1, 0.15) is 5.82 Å². The third-order valence-electron chi connectivity index (χ3n) is 3.15. The lowest BCUT2D eigenvalue weighted by atomic mass is 10.2. The molecular formula is C15H15N5O2S. The SMILES string of the molecule is CCSc1nnc(Cc2cc(=O)[nH]c(=O)[nH]2)n1-c1ccccc1. The Balaban J connectivity index is 2.05. The number of hydrogen-bond donors (Lipinski definition) is 2. The third-order valence-corrected chi connectivity index (χ3v) is 3.96. The number of aromatic amines is 2. The van der Waals surface area contributed by atoms with E-state index in [0.717, 1.165) is 16.6 Å². The Kier molecular flexibility index (Phi) is 4.42. The van der Waals surface area contributed by atoms with E-state index in [0.29, 0.717) is 17.9 Å². The first-order chi connectivity index (χ1) is 11.2. The van der Waals surface area contributed by atoms with Crippen molar-refractivity contribution in [1.82, 2.24) is 24.7 Å². The van der Waals surface area contributed by atoms with Crippen molar-refractivity contribution in [3.05, 3.63) is 68.8 Å². The molecule has 2 N–H and O–H groups in total. The molecule has 0 aliphatic rings. The van der Waals surface area contributed by atoms with Crippen LogP contribution in [0.5, 0.6) is 0 Å². The second-order valence-electron chi connectivity index (χ2n) is 4.79. The van der Waals surface area contributed by atoms with E-state index in [1.165, 1.54) is 6.07 Å². The van der Waals surface area contributed by atoms with Gasteiger partial charge in [-0.1, -0.05) is 36.9 Å². The zero-order chi connectivity index (χ0) is 16.2. The monoisotopic (exact) mass is 329 g/mol. The van der Waals surface area contributed by atoms with E-state index < -0.39 is 11.2 Å². The first-order valence-corrected chi connectivity index (χ1v) is 8.11. The highest BCUT2D eigenvalue weighted by atomic mass is 32.2. The van der Waals surface area contributed by atoms with Gasteiger partial charge in [-0.05, 0) is 17.9 Å². The molecule has 118 valence electrons. The smallest absolute Gasteiger partial charge is 0.311 e. The number of nitrogens with zero attached hydrogens (tertiary/aromatic N) is 3. The quantitative estimate of drug-likeness (QED) is 0.689. The zero-order valence-electron chi connectivity index (χ0n) is 12.4. The number of nitrogens with one attached hydrogen (secondary N) is 2. The van der Waals surface area contributed by atoms with E-state index in [1.54, 1.807) is 11.8 Å². The molecule has 1 aromatic carbocycles. The summed E-state index contributed by atoms with van der Waals surface area (Å²) in [5.74, 6) is 1.53. The first kappa shape index (κ1) is 15.3. The van der Waals surface area contributed by atoms with Crippen LogP contribution in [0.2, 0.25) is 0 Å². The predicted octanol–water partition coefficient (Wildman–Crippen LogP) is 1.35. The minimum atomic E-state index is -0.526. The van der Waals surface area contributed by atoms with E-state index in [1.807, 2.05) is 41.8 Å². The van der Waals surface area contributed by atoms with Gasteiger partial charge >= 0.3 is 5.69 Å². The lowest BCUT2D eigenvalue weighted by Crippen LogP contribution is -2.23. The van der Waals surface area contributed by atoms with E-state index in [4.69, 9.17) is 0 Å². The molecule has 0 radical (unpaired) electrons. The van der Waals surface area contributed by atoms with Crippen LogP contribution in [0.15, 0.2) is 51.1 Å². The maximum atomic E-state index is 11.4. The summed E-state index contributed by atoms with van der Waals surface area (Å²) in [6.07, 6.45) is 0.311. The lowest BCUT2D eigenvalue weighted by molar-refractivity contribution is 0.829. The molecule has 0 aliphatic heterocycles. The summed E-state index contributed by atoms with van der Waals surface area (Å²) in [5.41, 5.74) is 0.478. The van der Waals surface area contributed by atoms with Crippen LogP contribution in [-0.4, -0.2) is 30.5 Å². The van der Waals surface area contributed by atoms with Gasteiger partial charge in [-0.15, -0.1) is 10.2 Å². The van der Waals surface area contributed by atoms with Gasteiger partial charge in [0.2, 0.25) is 0 Å². The number of aromatic nitrogens is 5. The first-order valence-electron chi connectivity index (χ1n) is 7.12. The molecule has 0 amide bonds. The fourth-order valence-corrected chi connectivity index (χ4v) is 2.96. The van der Waals surface area contributed by atoms with Crippen LogP contribution in [0, 0.1) is 0 Å². The Morgan fingerprint density at radius 3 is 2.61 bits per heavy atom. The summed E-state index contributed by atoms with van der Waals surface area (Å²) in [6, 6.07) is 11.1. The fourth-order valence-electron chi connectivity index (χ4n) is 2.26. The molecule has 3 rings (SSSR count). The maximum absolute atomic E-state index is 11.4. The highest BCUT2D eigenvalue weighted by Gasteiger charge is 2.14. The van der Waals surface area contributed by atoms with Gasteiger partial charge in [0.05, 0.1) is 0 Å². The molecule has 2 aromatic heterocycles. The summed E-state index contributed by atoms with van der Waals surface area (Å²) < 4.78 is 1.94. The number of rotatable bonds is 5. The highest BCUT2D eigenvalue weighted by molar-refractivity contribution is 7.99. The Bertz CT molecular complexity index is 885. The molecule has 0 saturated heterocycles. The molecule has 0 unspecified atom stereocenters. The zero-order valence-corrected chi connectivity index (χ0v) is 13.3. The molecule has 0 saturated carbocycles.